The van der Waals surface area contributed by atoms with Gasteiger partial charge in [-0.2, -0.15) is 0 Å². The monoisotopic (exact) mass is 383 g/mol. The van der Waals surface area contributed by atoms with Crippen LogP contribution in [0, 0.1) is 5.92 Å². The molecule has 4 heteroatoms. The van der Waals surface area contributed by atoms with Gasteiger partial charge in [0.25, 0.3) is 0 Å². The maximum atomic E-state index is 12.1. The second-order valence-corrected chi connectivity index (χ2v) is 4.77. The fourth-order valence-corrected chi connectivity index (χ4v) is 2.49. The molecular formula is C11H21NO2W. The van der Waals surface area contributed by atoms with Crippen LogP contribution in [0.1, 0.15) is 34.1 Å². The fraction of sp³-hybridized carbons (Fsp3) is 0.818. The van der Waals surface area contributed by atoms with E-state index in [0.717, 1.165) is 6.42 Å². The molecule has 2 unspecified atom stereocenters. The minimum atomic E-state index is -0.324. The van der Waals surface area contributed by atoms with Crippen molar-refractivity contribution in [3.8, 4) is 0 Å². The molecule has 0 aliphatic rings. The molecule has 0 aromatic rings. The molecule has 0 aromatic heterocycles. The zero-order chi connectivity index (χ0) is 12.0. The molecule has 0 bridgehead atoms. The first kappa shape index (κ1) is 15.0. The first-order chi connectivity index (χ1) is 6.99. The number of hydrogen-bond acceptors (Lipinski definition) is 2. The summed E-state index contributed by atoms with van der Waals surface area (Å²) in [6.07, 6.45) is 0.638. The first-order valence-electron chi connectivity index (χ1n) is 5.29. The van der Waals surface area contributed by atoms with Crippen molar-refractivity contribution < 1.29 is 28.9 Å². The molecule has 0 aliphatic heterocycles. The summed E-state index contributed by atoms with van der Waals surface area (Å²) in [5, 5.41) is 0. The number of ether oxygens (including phenoxy) is 1. The predicted octanol–water partition coefficient (Wildman–Crippen LogP) is 1.59. The molecule has 0 fully saturated rings. The molecule has 0 aliphatic carbocycles. The van der Waals surface area contributed by atoms with E-state index in [1.807, 2.05) is 23.3 Å². The molecule has 15 heavy (non-hydrogen) atoms. The molecule has 1 amide bonds. The van der Waals surface area contributed by atoms with Crippen molar-refractivity contribution in [1.29, 1.82) is 0 Å². The second kappa shape index (κ2) is 7.29. The van der Waals surface area contributed by atoms with E-state index in [2.05, 4.69) is 13.8 Å². The molecule has 88 valence electrons. The number of carbonyl (C=O) groups excluding carboxylic acids is 1. The molecular weight excluding hydrogens is 362 g/mol. The third kappa shape index (κ3) is 4.16. The third-order valence-corrected chi connectivity index (χ3v) is 3.35. The Morgan fingerprint density at radius 1 is 1.47 bits per heavy atom. The van der Waals surface area contributed by atoms with E-state index < -0.39 is 0 Å². The van der Waals surface area contributed by atoms with Crippen molar-refractivity contribution in [3.63, 3.8) is 0 Å². The average Bonchev–Trinajstić information content (AvgIpc) is 2.19. The van der Waals surface area contributed by atoms with Crippen molar-refractivity contribution in [2.75, 3.05) is 7.11 Å². The van der Waals surface area contributed by atoms with E-state index in [0.29, 0.717) is 0 Å². The molecule has 0 aromatic carbocycles. The van der Waals surface area contributed by atoms with Crippen LogP contribution in [0.25, 0.3) is 0 Å². The van der Waals surface area contributed by atoms with Gasteiger partial charge in [0, 0.05) is 0 Å². The quantitative estimate of drug-likeness (QED) is 0.698. The van der Waals surface area contributed by atoms with Gasteiger partial charge in [0.1, 0.15) is 0 Å². The zero-order valence-corrected chi connectivity index (χ0v) is 13.1. The van der Waals surface area contributed by atoms with Crippen LogP contribution in [0.4, 0.5) is 0 Å². The van der Waals surface area contributed by atoms with Gasteiger partial charge in [-0.05, 0) is 0 Å². The number of amides is 1. The van der Waals surface area contributed by atoms with Gasteiger partial charge in [0.05, 0.1) is 0 Å². The second-order valence-electron chi connectivity index (χ2n) is 4.01. The zero-order valence-electron chi connectivity index (χ0n) is 10.2. The topological polar surface area (TPSA) is 29.5 Å². The molecule has 0 saturated carbocycles. The van der Waals surface area contributed by atoms with Crippen LogP contribution in [-0.4, -0.2) is 34.6 Å². The van der Waals surface area contributed by atoms with Crippen molar-refractivity contribution in [1.82, 2.24) is 4.90 Å². The van der Waals surface area contributed by atoms with Gasteiger partial charge >= 0.3 is 104 Å². The van der Waals surface area contributed by atoms with Gasteiger partial charge in [-0.15, -0.1) is 0 Å². The van der Waals surface area contributed by atoms with Crippen molar-refractivity contribution in [2.45, 2.75) is 46.3 Å². The van der Waals surface area contributed by atoms with Crippen molar-refractivity contribution in [2.24, 2.45) is 5.92 Å². The molecule has 0 saturated heterocycles. The van der Waals surface area contributed by atoms with Crippen molar-refractivity contribution in [3.05, 3.63) is 0 Å². The van der Waals surface area contributed by atoms with E-state index in [9.17, 15) is 4.79 Å². The van der Waals surface area contributed by atoms with E-state index >= 15 is 0 Å². The Kier molecular flexibility index (Phi) is 7.29. The van der Waals surface area contributed by atoms with E-state index in [4.69, 9.17) is 4.74 Å². The van der Waals surface area contributed by atoms with Crippen LogP contribution in [0.2, 0.25) is 0 Å². The van der Waals surface area contributed by atoms with Crippen LogP contribution < -0.4 is 0 Å². The number of nitrogens with zero attached hydrogens (tertiary/aromatic N) is 1. The summed E-state index contributed by atoms with van der Waals surface area (Å²) in [7, 11) is 1.60. The molecule has 0 radical (unpaired) electrons. The van der Waals surface area contributed by atoms with E-state index in [1.165, 1.54) is 19.4 Å². The molecule has 3 nitrogen and oxygen atoms in total. The normalized spacial score (nSPS) is 14.8. The summed E-state index contributed by atoms with van der Waals surface area (Å²) >= 11 is 1.29. The summed E-state index contributed by atoms with van der Waals surface area (Å²) in [4.78, 5) is 13.9. The Hall–Kier alpha value is -0.0117. The summed E-state index contributed by atoms with van der Waals surface area (Å²) in [6.45, 7) is 8.15. The van der Waals surface area contributed by atoms with Gasteiger partial charge in [-0.25, -0.2) is 0 Å². The average molecular weight is 383 g/mol. The molecule has 0 heterocycles. The Morgan fingerprint density at radius 2 is 2.00 bits per heavy atom. The molecule has 0 spiro atoms. The van der Waals surface area contributed by atoms with Crippen LogP contribution >= 0.6 is 0 Å². The minimum absolute atomic E-state index is 0.0804. The number of rotatable bonds is 6. The summed E-state index contributed by atoms with van der Waals surface area (Å²) in [5.74, 6) is 0.292. The van der Waals surface area contributed by atoms with E-state index in [1.54, 1.807) is 7.11 Å². The maximum absolute atomic E-state index is 12.1. The summed E-state index contributed by atoms with van der Waals surface area (Å²) in [6, 6.07) is 0.256. The van der Waals surface area contributed by atoms with Gasteiger partial charge in [-0.3, -0.25) is 0 Å². The summed E-state index contributed by atoms with van der Waals surface area (Å²) in [5.41, 5.74) is 0. The summed E-state index contributed by atoms with van der Waals surface area (Å²) < 4.78 is 7.17. The number of methoxy groups -OCH3 is 1. The van der Waals surface area contributed by atoms with Crippen LogP contribution in [-0.2, 0) is 28.9 Å². The van der Waals surface area contributed by atoms with E-state index in [-0.39, 0.29) is 24.0 Å². The Bertz CT molecular complexity index is 219. The van der Waals surface area contributed by atoms with Crippen molar-refractivity contribution >= 4 is 10.4 Å². The Morgan fingerprint density at radius 3 is 2.27 bits per heavy atom. The molecule has 0 rings (SSSR count). The first-order valence-corrected chi connectivity index (χ1v) is 6.99. The number of carbonyl (C=O) groups is 1. The van der Waals surface area contributed by atoms with Gasteiger partial charge in [0.15, 0.2) is 0 Å². The molecule has 0 N–H and O–H groups in total. The fourth-order valence-electron chi connectivity index (χ4n) is 1.37. The van der Waals surface area contributed by atoms with Gasteiger partial charge in [0.2, 0.25) is 0 Å². The Labute approximate surface area is 104 Å². The van der Waals surface area contributed by atoms with Crippen LogP contribution in [0.5, 0.6) is 0 Å². The van der Waals surface area contributed by atoms with Crippen LogP contribution in [0.3, 0.4) is 0 Å². The van der Waals surface area contributed by atoms with Crippen LogP contribution in [0.15, 0.2) is 0 Å². The third-order valence-electron chi connectivity index (χ3n) is 2.54. The van der Waals surface area contributed by atoms with Gasteiger partial charge in [-0.1, -0.05) is 0 Å². The van der Waals surface area contributed by atoms with Gasteiger partial charge < -0.3 is 0 Å². The standard InChI is InChI=1S/C11H21NO2.W/c1-7-9(4)12(5)11(13)10(14-6)8(2)3;/h5,8-10H,7H2,1-4,6H3;. The SMILES string of the molecule is CCC(C)N([CH]=[W])C(=O)C(OC)C(C)C. The Balaban J connectivity index is 4.69. The molecule has 2 atom stereocenters. The predicted molar refractivity (Wildman–Crippen MR) is 58.3 cm³/mol. The number of hydrogen-bond donors (Lipinski definition) is 0.